The molecular weight excluding hydrogens is 222 g/mol. The SMILES string of the molecule is CCOc1cccc(CNc2cccc(C)c2)c1. The van der Waals surface area contributed by atoms with E-state index in [1.54, 1.807) is 0 Å². The normalized spacial score (nSPS) is 10.1. The quantitative estimate of drug-likeness (QED) is 0.854. The van der Waals surface area contributed by atoms with Crippen LogP contribution in [-0.4, -0.2) is 6.61 Å². The molecule has 1 N–H and O–H groups in total. The number of nitrogens with one attached hydrogen (secondary N) is 1. The van der Waals surface area contributed by atoms with Gasteiger partial charge in [0, 0.05) is 12.2 Å². The highest BCUT2D eigenvalue weighted by Gasteiger charge is 1.97. The Morgan fingerprint density at radius 1 is 1.06 bits per heavy atom. The minimum atomic E-state index is 0.703. The first-order valence-electron chi connectivity index (χ1n) is 6.30. The zero-order valence-corrected chi connectivity index (χ0v) is 10.9. The summed E-state index contributed by atoms with van der Waals surface area (Å²) in [6.07, 6.45) is 0. The van der Waals surface area contributed by atoms with Crippen molar-refractivity contribution in [1.82, 2.24) is 0 Å². The van der Waals surface area contributed by atoms with Crippen molar-refractivity contribution in [2.75, 3.05) is 11.9 Å². The Balaban J connectivity index is 1.99. The predicted octanol–water partition coefficient (Wildman–Crippen LogP) is 4.01. The highest BCUT2D eigenvalue weighted by atomic mass is 16.5. The minimum Gasteiger partial charge on any atom is -0.494 e. The lowest BCUT2D eigenvalue weighted by molar-refractivity contribution is 0.340. The summed E-state index contributed by atoms with van der Waals surface area (Å²) in [5.41, 5.74) is 3.64. The monoisotopic (exact) mass is 241 g/mol. The smallest absolute Gasteiger partial charge is 0.119 e. The van der Waals surface area contributed by atoms with Crippen LogP contribution in [0.25, 0.3) is 0 Å². The molecule has 2 nitrogen and oxygen atoms in total. The Kier molecular flexibility index (Phi) is 4.24. The third kappa shape index (κ3) is 3.52. The van der Waals surface area contributed by atoms with Crippen LogP contribution in [-0.2, 0) is 6.54 Å². The summed E-state index contributed by atoms with van der Waals surface area (Å²) in [5, 5.41) is 3.42. The van der Waals surface area contributed by atoms with Gasteiger partial charge in [-0.2, -0.15) is 0 Å². The summed E-state index contributed by atoms with van der Waals surface area (Å²) in [7, 11) is 0. The second kappa shape index (κ2) is 6.10. The maximum atomic E-state index is 5.49. The molecule has 0 atom stereocenters. The van der Waals surface area contributed by atoms with Crippen LogP contribution in [0.2, 0.25) is 0 Å². The fourth-order valence-electron chi connectivity index (χ4n) is 1.87. The predicted molar refractivity (Wildman–Crippen MR) is 76.1 cm³/mol. The van der Waals surface area contributed by atoms with Crippen LogP contribution in [0.1, 0.15) is 18.1 Å². The lowest BCUT2D eigenvalue weighted by Gasteiger charge is -2.09. The summed E-state index contributed by atoms with van der Waals surface area (Å²) >= 11 is 0. The average Bonchev–Trinajstić information content (AvgIpc) is 2.37. The van der Waals surface area contributed by atoms with Crippen LogP contribution < -0.4 is 10.1 Å². The lowest BCUT2D eigenvalue weighted by atomic mass is 10.2. The standard InChI is InChI=1S/C16H19NO/c1-3-18-16-9-5-7-14(11-16)12-17-15-8-4-6-13(2)10-15/h4-11,17H,3,12H2,1-2H3. The molecule has 0 aliphatic heterocycles. The molecule has 0 aliphatic rings. The largest absolute Gasteiger partial charge is 0.494 e. The molecule has 94 valence electrons. The van der Waals surface area contributed by atoms with E-state index < -0.39 is 0 Å². The van der Waals surface area contributed by atoms with Gasteiger partial charge in [-0.05, 0) is 49.2 Å². The van der Waals surface area contributed by atoms with Gasteiger partial charge in [0.15, 0.2) is 0 Å². The number of benzene rings is 2. The molecule has 0 fully saturated rings. The Hall–Kier alpha value is -1.96. The van der Waals surface area contributed by atoms with Crippen LogP contribution in [0, 0.1) is 6.92 Å². The lowest BCUT2D eigenvalue weighted by Crippen LogP contribution is -2.00. The van der Waals surface area contributed by atoms with Gasteiger partial charge >= 0.3 is 0 Å². The minimum absolute atomic E-state index is 0.703. The molecule has 0 aromatic heterocycles. The van der Waals surface area contributed by atoms with Gasteiger partial charge in [-0.1, -0.05) is 24.3 Å². The number of aryl methyl sites for hydroxylation is 1. The first-order chi connectivity index (χ1) is 8.78. The Morgan fingerprint density at radius 2 is 1.89 bits per heavy atom. The van der Waals surface area contributed by atoms with E-state index in [0.29, 0.717) is 6.61 Å². The third-order valence-corrected chi connectivity index (χ3v) is 2.72. The van der Waals surface area contributed by atoms with Gasteiger partial charge in [0.05, 0.1) is 6.61 Å². The first-order valence-corrected chi connectivity index (χ1v) is 6.30. The summed E-state index contributed by atoms with van der Waals surface area (Å²) in [5.74, 6) is 0.932. The van der Waals surface area contributed by atoms with Crippen molar-refractivity contribution in [3.8, 4) is 5.75 Å². The van der Waals surface area contributed by atoms with Gasteiger partial charge in [0.1, 0.15) is 5.75 Å². The molecule has 0 amide bonds. The van der Waals surface area contributed by atoms with Crippen molar-refractivity contribution in [2.24, 2.45) is 0 Å². The Bertz CT molecular complexity index is 508. The van der Waals surface area contributed by atoms with Crippen LogP contribution >= 0.6 is 0 Å². The summed E-state index contributed by atoms with van der Waals surface area (Å²) in [6.45, 7) is 5.61. The number of ether oxygens (including phenoxy) is 1. The van der Waals surface area contributed by atoms with Crippen LogP contribution in [0.5, 0.6) is 5.75 Å². The molecule has 0 spiro atoms. The van der Waals surface area contributed by atoms with E-state index in [0.717, 1.165) is 18.0 Å². The van der Waals surface area contributed by atoms with Crippen molar-refractivity contribution in [1.29, 1.82) is 0 Å². The fourth-order valence-corrected chi connectivity index (χ4v) is 1.87. The topological polar surface area (TPSA) is 21.3 Å². The van der Waals surface area contributed by atoms with Gasteiger partial charge in [-0.25, -0.2) is 0 Å². The molecule has 2 aromatic rings. The van der Waals surface area contributed by atoms with Crippen molar-refractivity contribution in [3.05, 3.63) is 59.7 Å². The summed E-state index contributed by atoms with van der Waals surface area (Å²) < 4.78 is 5.49. The zero-order valence-electron chi connectivity index (χ0n) is 10.9. The van der Waals surface area contributed by atoms with Gasteiger partial charge in [-0.3, -0.25) is 0 Å². The van der Waals surface area contributed by atoms with Gasteiger partial charge in [0.2, 0.25) is 0 Å². The van der Waals surface area contributed by atoms with Crippen LogP contribution in [0.3, 0.4) is 0 Å². The van der Waals surface area contributed by atoms with E-state index in [-0.39, 0.29) is 0 Å². The van der Waals surface area contributed by atoms with E-state index in [1.165, 1.54) is 11.1 Å². The second-order valence-electron chi connectivity index (χ2n) is 4.30. The Morgan fingerprint density at radius 3 is 2.67 bits per heavy atom. The highest BCUT2D eigenvalue weighted by Crippen LogP contribution is 2.15. The number of hydrogen-bond donors (Lipinski definition) is 1. The van der Waals surface area contributed by atoms with E-state index in [2.05, 4.69) is 48.6 Å². The molecule has 2 rings (SSSR count). The number of rotatable bonds is 5. The fraction of sp³-hybridized carbons (Fsp3) is 0.250. The molecular formula is C16H19NO. The first kappa shape index (κ1) is 12.5. The van der Waals surface area contributed by atoms with Crippen molar-refractivity contribution in [2.45, 2.75) is 20.4 Å². The third-order valence-electron chi connectivity index (χ3n) is 2.72. The van der Waals surface area contributed by atoms with E-state index in [1.807, 2.05) is 19.1 Å². The number of hydrogen-bond acceptors (Lipinski definition) is 2. The van der Waals surface area contributed by atoms with E-state index >= 15 is 0 Å². The molecule has 0 aliphatic carbocycles. The van der Waals surface area contributed by atoms with Gasteiger partial charge < -0.3 is 10.1 Å². The maximum absolute atomic E-state index is 5.49. The van der Waals surface area contributed by atoms with Crippen molar-refractivity contribution in [3.63, 3.8) is 0 Å². The molecule has 0 unspecified atom stereocenters. The second-order valence-corrected chi connectivity index (χ2v) is 4.30. The van der Waals surface area contributed by atoms with E-state index in [4.69, 9.17) is 4.74 Å². The van der Waals surface area contributed by atoms with Gasteiger partial charge in [-0.15, -0.1) is 0 Å². The summed E-state index contributed by atoms with van der Waals surface area (Å²) in [6, 6.07) is 16.6. The molecule has 2 heteroatoms. The van der Waals surface area contributed by atoms with Crippen LogP contribution in [0.15, 0.2) is 48.5 Å². The molecule has 0 heterocycles. The molecule has 0 radical (unpaired) electrons. The Labute approximate surface area is 109 Å². The zero-order chi connectivity index (χ0) is 12.8. The van der Waals surface area contributed by atoms with Crippen LogP contribution in [0.4, 0.5) is 5.69 Å². The van der Waals surface area contributed by atoms with Crippen molar-refractivity contribution >= 4 is 5.69 Å². The van der Waals surface area contributed by atoms with Gasteiger partial charge in [0.25, 0.3) is 0 Å². The maximum Gasteiger partial charge on any atom is 0.119 e. The average molecular weight is 241 g/mol. The summed E-state index contributed by atoms with van der Waals surface area (Å²) in [4.78, 5) is 0. The molecule has 0 bridgehead atoms. The molecule has 0 saturated carbocycles. The number of anilines is 1. The van der Waals surface area contributed by atoms with Crippen molar-refractivity contribution < 1.29 is 4.74 Å². The molecule has 0 saturated heterocycles. The highest BCUT2D eigenvalue weighted by molar-refractivity contribution is 5.46. The molecule has 18 heavy (non-hydrogen) atoms. The van der Waals surface area contributed by atoms with E-state index in [9.17, 15) is 0 Å². The molecule has 2 aromatic carbocycles.